The predicted octanol–water partition coefficient (Wildman–Crippen LogP) is 8.42. The van der Waals surface area contributed by atoms with E-state index >= 15 is 0 Å². The van der Waals surface area contributed by atoms with Crippen LogP contribution in [0.4, 0.5) is 8.78 Å². The summed E-state index contributed by atoms with van der Waals surface area (Å²) < 4.78 is 29.5. The summed E-state index contributed by atoms with van der Waals surface area (Å²) in [5.41, 5.74) is 5.27. The molecule has 0 saturated heterocycles. The van der Waals surface area contributed by atoms with Gasteiger partial charge in [0.1, 0.15) is 11.6 Å². The Hall–Kier alpha value is -2.97. The van der Waals surface area contributed by atoms with Crippen molar-refractivity contribution < 1.29 is 8.78 Å². The van der Waals surface area contributed by atoms with Gasteiger partial charge >= 0.3 is 0 Å². The summed E-state index contributed by atoms with van der Waals surface area (Å²) in [6.45, 7) is 2.00. The molecular formula is C29H25ClF2. The lowest BCUT2D eigenvalue weighted by molar-refractivity contribution is 0.540. The summed E-state index contributed by atoms with van der Waals surface area (Å²) in [6, 6.07) is 28.8. The molecule has 0 bridgehead atoms. The Kier molecular flexibility index (Phi) is 7.02. The lowest BCUT2D eigenvalue weighted by Crippen LogP contribution is -2.05. The minimum absolute atomic E-state index is 0.0465. The number of rotatable bonds is 7. The second-order valence-electron chi connectivity index (χ2n) is 8.26. The van der Waals surface area contributed by atoms with Crippen LogP contribution < -0.4 is 0 Å². The van der Waals surface area contributed by atoms with E-state index in [4.69, 9.17) is 11.6 Å². The van der Waals surface area contributed by atoms with Crippen molar-refractivity contribution in [2.75, 3.05) is 0 Å². The van der Waals surface area contributed by atoms with Crippen molar-refractivity contribution >= 4 is 11.6 Å². The Morgan fingerprint density at radius 1 is 0.688 bits per heavy atom. The molecule has 4 rings (SSSR count). The van der Waals surface area contributed by atoms with Crippen molar-refractivity contribution in [1.82, 2.24) is 0 Å². The molecule has 1 atom stereocenters. The summed E-state index contributed by atoms with van der Waals surface area (Å²) >= 11 is 5.96. The van der Waals surface area contributed by atoms with Gasteiger partial charge in [-0.3, -0.25) is 0 Å². The first-order valence-electron chi connectivity index (χ1n) is 10.9. The number of hydrogen-bond acceptors (Lipinski definition) is 0. The second kappa shape index (κ2) is 10.1. The summed E-state index contributed by atoms with van der Waals surface area (Å²) in [5, 5.41) is 0.713. The van der Waals surface area contributed by atoms with Crippen LogP contribution in [0.1, 0.15) is 35.1 Å². The van der Waals surface area contributed by atoms with E-state index in [2.05, 4.69) is 24.3 Å². The van der Waals surface area contributed by atoms with Crippen LogP contribution in [-0.2, 0) is 19.3 Å². The van der Waals surface area contributed by atoms with Crippen LogP contribution in [0, 0.1) is 11.6 Å². The van der Waals surface area contributed by atoms with Crippen LogP contribution in [0.5, 0.6) is 0 Å². The molecule has 0 N–H and O–H groups in total. The van der Waals surface area contributed by atoms with Gasteiger partial charge in [-0.05, 0) is 77.3 Å². The van der Waals surface area contributed by atoms with Gasteiger partial charge in [0, 0.05) is 10.6 Å². The highest BCUT2D eigenvalue weighted by molar-refractivity contribution is 6.30. The molecule has 0 amide bonds. The molecule has 3 heteroatoms. The van der Waals surface area contributed by atoms with Crippen LogP contribution in [0.15, 0.2) is 91.0 Å². The molecule has 0 aromatic heterocycles. The van der Waals surface area contributed by atoms with Gasteiger partial charge in [-0.2, -0.15) is 0 Å². The van der Waals surface area contributed by atoms with E-state index in [1.807, 2.05) is 61.5 Å². The van der Waals surface area contributed by atoms with Gasteiger partial charge in [-0.1, -0.05) is 85.3 Å². The average Bonchev–Trinajstić information content (AvgIpc) is 2.81. The van der Waals surface area contributed by atoms with Crippen molar-refractivity contribution in [3.05, 3.63) is 130 Å². The fourth-order valence-electron chi connectivity index (χ4n) is 4.00. The average molecular weight is 447 g/mol. The molecule has 32 heavy (non-hydrogen) atoms. The quantitative estimate of drug-likeness (QED) is 0.267. The molecule has 0 fully saturated rings. The van der Waals surface area contributed by atoms with Gasteiger partial charge in [0.25, 0.3) is 0 Å². The maximum Gasteiger partial charge on any atom is 0.129 e. The van der Waals surface area contributed by atoms with E-state index < -0.39 is 11.6 Å². The Labute approximate surface area is 193 Å². The molecule has 0 heterocycles. The highest BCUT2D eigenvalue weighted by Gasteiger charge is 2.15. The highest BCUT2D eigenvalue weighted by Crippen LogP contribution is 2.26. The number of hydrogen-bond donors (Lipinski definition) is 0. The van der Waals surface area contributed by atoms with E-state index in [0.29, 0.717) is 23.4 Å². The zero-order chi connectivity index (χ0) is 22.5. The lowest BCUT2D eigenvalue weighted by Gasteiger charge is -2.14. The Bertz CT molecular complexity index is 1140. The standard InChI is InChI=1S/C29H25ClF2/c1-20(23-5-3-2-4-6-23)17-27-28(31)18-22(19-29(27)32)8-7-21-9-11-24(12-10-21)25-13-15-26(30)16-14-25/h2-6,9-16,18-20H,7-8,17H2,1H3. The van der Waals surface area contributed by atoms with E-state index in [9.17, 15) is 8.78 Å². The molecule has 0 aliphatic rings. The molecule has 1 unspecified atom stereocenters. The first kappa shape index (κ1) is 22.2. The SMILES string of the molecule is CC(Cc1c(F)cc(CCc2ccc(-c3ccc(Cl)cc3)cc2)cc1F)c1ccccc1. The fourth-order valence-corrected chi connectivity index (χ4v) is 4.12. The monoisotopic (exact) mass is 446 g/mol. The molecule has 0 nitrogen and oxygen atoms in total. The molecule has 0 saturated carbocycles. The van der Waals surface area contributed by atoms with Crippen molar-refractivity contribution in [3.63, 3.8) is 0 Å². The van der Waals surface area contributed by atoms with Crippen molar-refractivity contribution in [3.8, 4) is 11.1 Å². The summed E-state index contributed by atoms with van der Waals surface area (Å²) in [5.74, 6) is -0.869. The zero-order valence-corrected chi connectivity index (χ0v) is 18.7. The third kappa shape index (κ3) is 5.44. The first-order valence-corrected chi connectivity index (χ1v) is 11.2. The van der Waals surface area contributed by atoms with E-state index in [1.54, 1.807) is 0 Å². The lowest BCUT2D eigenvalue weighted by atomic mass is 9.92. The van der Waals surface area contributed by atoms with Crippen LogP contribution in [0.2, 0.25) is 5.02 Å². The molecule has 0 radical (unpaired) electrons. The summed E-state index contributed by atoms with van der Waals surface area (Å²) in [4.78, 5) is 0. The topological polar surface area (TPSA) is 0 Å². The van der Waals surface area contributed by atoms with Gasteiger partial charge in [-0.15, -0.1) is 0 Å². The third-order valence-electron chi connectivity index (χ3n) is 5.91. The van der Waals surface area contributed by atoms with E-state index in [0.717, 1.165) is 28.7 Å². The maximum atomic E-state index is 14.7. The molecular weight excluding hydrogens is 422 g/mol. The van der Waals surface area contributed by atoms with Crippen molar-refractivity contribution in [1.29, 1.82) is 0 Å². The van der Waals surface area contributed by atoms with Crippen LogP contribution >= 0.6 is 11.6 Å². The van der Waals surface area contributed by atoms with E-state index in [-0.39, 0.29) is 11.5 Å². The minimum Gasteiger partial charge on any atom is -0.207 e. The third-order valence-corrected chi connectivity index (χ3v) is 6.17. The van der Waals surface area contributed by atoms with Gasteiger partial charge in [0.2, 0.25) is 0 Å². The molecule has 162 valence electrons. The smallest absolute Gasteiger partial charge is 0.129 e. The normalized spacial score (nSPS) is 12.0. The maximum absolute atomic E-state index is 14.7. The Morgan fingerprint density at radius 2 is 1.22 bits per heavy atom. The number of benzene rings is 4. The summed E-state index contributed by atoms with van der Waals surface area (Å²) in [7, 11) is 0. The zero-order valence-electron chi connectivity index (χ0n) is 18.0. The minimum atomic E-state index is -0.458. The van der Waals surface area contributed by atoms with Crippen molar-refractivity contribution in [2.45, 2.75) is 32.1 Å². The van der Waals surface area contributed by atoms with Crippen LogP contribution in [0.25, 0.3) is 11.1 Å². The van der Waals surface area contributed by atoms with Gasteiger partial charge in [0.15, 0.2) is 0 Å². The Balaban J connectivity index is 1.41. The largest absolute Gasteiger partial charge is 0.207 e. The number of aryl methyl sites for hydroxylation is 2. The van der Waals surface area contributed by atoms with Crippen LogP contribution in [0.3, 0.4) is 0 Å². The molecule has 4 aromatic rings. The molecule has 0 spiro atoms. The first-order chi connectivity index (χ1) is 15.5. The summed E-state index contributed by atoms with van der Waals surface area (Å²) in [6.07, 6.45) is 1.65. The van der Waals surface area contributed by atoms with Crippen LogP contribution in [-0.4, -0.2) is 0 Å². The van der Waals surface area contributed by atoms with Gasteiger partial charge in [0.05, 0.1) is 0 Å². The van der Waals surface area contributed by atoms with E-state index in [1.165, 1.54) is 12.1 Å². The molecule has 0 aliphatic carbocycles. The fraction of sp³-hybridized carbons (Fsp3) is 0.172. The molecule has 4 aromatic carbocycles. The molecule has 0 aliphatic heterocycles. The number of halogens is 3. The van der Waals surface area contributed by atoms with Crippen molar-refractivity contribution in [2.24, 2.45) is 0 Å². The van der Waals surface area contributed by atoms with Gasteiger partial charge in [-0.25, -0.2) is 8.78 Å². The Morgan fingerprint density at radius 3 is 1.81 bits per heavy atom. The highest BCUT2D eigenvalue weighted by atomic mass is 35.5. The predicted molar refractivity (Wildman–Crippen MR) is 129 cm³/mol. The van der Waals surface area contributed by atoms with Gasteiger partial charge < -0.3 is 0 Å². The second-order valence-corrected chi connectivity index (χ2v) is 8.69.